The van der Waals surface area contributed by atoms with Crippen molar-refractivity contribution in [1.82, 2.24) is 0 Å². The van der Waals surface area contributed by atoms with Gasteiger partial charge in [0.2, 0.25) is 0 Å². The van der Waals surface area contributed by atoms with Crippen LogP contribution in [0.1, 0.15) is 25.3 Å². The number of ketones is 1. The minimum atomic E-state index is 0.245. The van der Waals surface area contributed by atoms with Crippen molar-refractivity contribution < 1.29 is 9.53 Å². The van der Waals surface area contributed by atoms with Crippen LogP contribution in [0.3, 0.4) is 0 Å². The highest BCUT2D eigenvalue weighted by atomic mass is 16.5. The largest absolute Gasteiger partial charge is 0.495 e. The molecule has 0 bridgehead atoms. The third-order valence-electron chi connectivity index (χ3n) is 2.77. The molecule has 0 fully saturated rings. The molecule has 1 rings (SSSR count). The topological polar surface area (TPSA) is 29.5 Å². The first-order chi connectivity index (χ1) is 8.04. The third kappa shape index (κ3) is 4.10. The summed E-state index contributed by atoms with van der Waals surface area (Å²) < 4.78 is 5.34. The molecule has 0 aliphatic heterocycles. The van der Waals surface area contributed by atoms with Gasteiger partial charge in [0.25, 0.3) is 0 Å². The predicted octanol–water partition coefficient (Wildman–Crippen LogP) is 2.81. The Bertz CT molecular complexity index is 388. The number of carbonyl (C=O) groups is 1. The lowest BCUT2D eigenvalue weighted by Gasteiger charge is -2.22. The molecule has 0 aliphatic rings. The molecule has 0 atom stereocenters. The second kappa shape index (κ2) is 6.28. The monoisotopic (exact) mass is 235 g/mol. The fraction of sp³-hybridized carbons (Fsp3) is 0.500. The summed E-state index contributed by atoms with van der Waals surface area (Å²) >= 11 is 0. The van der Waals surface area contributed by atoms with Gasteiger partial charge in [-0.1, -0.05) is 6.07 Å². The molecule has 0 N–H and O–H groups in total. The number of anilines is 1. The number of ether oxygens (including phenoxy) is 1. The molecule has 0 heterocycles. The molecule has 0 spiro atoms. The summed E-state index contributed by atoms with van der Waals surface area (Å²) in [5.74, 6) is 1.12. The van der Waals surface area contributed by atoms with Crippen LogP contribution in [0.4, 0.5) is 5.69 Å². The van der Waals surface area contributed by atoms with Gasteiger partial charge in [-0.25, -0.2) is 0 Å². The standard InChI is InChI=1S/C14H21NO2/c1-11-7-8-14(17-4)13(10-11)15(3)9-5-6-12(2)16/h7-8,10H,5-6,9H2,1-4H3. The maximum absolute atomic E-state index is 10.9. The van der Waals surface area contributed by atoms with Crippen molar-refractivity contribution in [3.63, 3.8) is 0 Å². The average molecular weight is 235 g/mol. The van der Waals surface area contributed by atoms with E-state index in [9.17, 15) is 4.79 Å². The van der Waals surface area contributed by atoms with E-state index in [2.05, 4.69) is 17.9 Å². The number of Topliss-reactive ketones (excluding diaryl/α,β-unsaturated/α-hetero) is 1. The molecule has 0 radical (unpaired) electrons. The van der Waals surface area contributed by atoms with Gasteiger partial charge in [-0.15, -0.1) is 0 Å². The van der Waals surface area contributed by atoms with E-state index in [1.807, 2.05) is 19.2 Å². The molecule has 0 saturated carbocycles. The van der Waals surface area contributed by atoms with Gasteiger partial charge < -0.3 is 14.4 Å². The molecule has 0 aliphatic carbocycles. The molecule has 0 unspecified atom stereocenters. The lowest BCUT2D eigenvalue weighted by Crippen LogP contribution is -2.19. The highest BCUT2D eigenvalue weighted by molar-refractivity contribution is 5.75. The van der Waals surface area contributed by atoms with Crippen LogP contribution in [0, 0.1) is 6.92 Å². The predicted molar refractivity (Wildman–Crippen MR) is 70.9 cm³/mol. The maximum atomic E-state index is 10.9. The SMILES string of the molecule is COc1ccc(C)cc1N(C)CCCC(C)=O. The number of hydrogen-bond donors (Lipinski definition) is 0. The molecule has 1 aromatic carbocycles. The van der Waals surface area contributed by atoms with Crippen molar-refractivity contribution >= 4 is 11.5 Å². The second-order valence-electron chi connectivity index (χ2n) is 4.40. The lowest BCUT2D eigenvalue weighted by molar-refractivity contribution is -0.117. The molecule has 0 saturated heterocycles. The molecule has 0 amide bonds. The first-order valence-corrected chi connectivity index (χ1v) is 5.90. The van der Waals surface area contributed by atoms with Gasteiger partial charge in [-0.2, -0.15) is 0 Å². The molecular formula is C14H21NO2. The van der Waals surface area contributed by atoms with Crippen molar-refractivity contribution in [2.75, 3.05) is 25.6 Å². The summed E-state index contributed by atoms with van der Waals surface area (Å²) in [5, 5.41) is 0. The summed E-state index contributed by atoms with van der Waals surface area (Å²) in [5.41, 5.74) is 2.29. The first-order valence-electron chi connectivity index (χ1n) is 5.90. The van der Waals surface area contributed by atoms with Crippen LogP contribution in [0.2, 0.25) is 0 Å². The van der Waals surface area contributed by atoms with Crippen LogP contribution >= 0.6 is 0 Å². The second-order valence-corrected chi connectivity index (χ2v) is 4.40. The molecule has 17 heavy (non-hydrogen) atoms. The van der Waals surface area contributed by atoms with E-state index in [0.29, 0.717) is 6.42 Å². The van der Waals surface area contributed by atoms with Crippen molar-refractivity contribution in [3.8, 4) is 5.75 Å². The van der Waals surface area contributed by atoms with E-state index in [-0.39, 0.29) is 5.78 Å². The van der Waals surface area contributed by atoms with E-state index >= 15 is 0 Å². The Morgan fingerprint density at radius 3 is 2.71 bits per heavy atom. The number of benzene rings is 1. The maximum Gasteiger partial charge on any atom is 0.142 e. The van der Waals surface area contributed by atoms with Crippen LogP contribution < -0.4 is 9.64 Å². The minimum Gasteiger partial charge on any atom is -0.495 e. The van der Waals surface area contributed by atoms with E-state index < -0.39 is 0 Å². The van der Waals surface area contributed by atoms with Crippen LogP contribution in [0.5, 0.6) is 5.75 Å². The van der Waals surface area contributed by atoms with Crippen molar-refractivity contribution in [1.29, 1.82) is 0 Å². The zero-order valence-corrected chi connectivity index (χ0v) is 11.1. The van der Waals surface area contributed by atoms with Gasteiger partial charge in [0, 0.05) is 20.0 Å². The number of rotatable bonds is 6. The van der Waals surface area contributed by atoms with E-state index in [4.69, 9.17) is 4.74 Å². The summed E-state index contributed by atoms with van der Waals surface area (Å²) in [6, 6.07) is 6.12. The smallest absolute Gasteiger partial charge is 0.142 e. The van der Waals surface area contributed by atoms with E-state index in [1.54, 1.807) is 14.0 Å². The zero-order valence-electron chi connectivity index (χ0n) is 11.1. The van der Waals surface area contributed by atoms with E-state index in [0.717, 1.165) is 24.4 Å². The summed E-state index contributed by atoms with van der Waals surface area (Å²) in [4.78, 5) is 13.0. The number of aryl methyl sites for hydroxylation is 1. The molecular weight excluding hydrogens is 214 g/mol. The lowest BCUT2D eigenvalue weighted by atomic mass is 10.1. The Labute approximate surface area is 103 Å². The fourth-order valence-corrected chi connectivity index (χ4v) is 1.78. The molecule has 0 aromatic heterocycles. The van der Waals surface area contributed by atoms with Gasteiger partial charge in [0.15, 0.2) is 0 Å². The van der Waals surface area contributed by atoms with Crippen LogP contribution in [-0.2, 0) is 4.79 Å². The normalized spacial score (nSPS) is 10.1. The number of carbonyl (C=O) groups excluding carboxylic acids is 1. The van der Waals surface area contributed by atoms with Crippen molar-refractivity contribution in [2.24, 2.45) is 0 Å². The molecule has 3 heteroatoms. The Hall–Kier alpha value is -1.51. The van der Waals surface area contributed by atoms with Gasteiger partial charge >= 0.3 is 0 Å². The Kier molecular flexibility index (Phi) is 5.01. The molecule has 1 aromatic rings. The quantitative estimate of drug-likeness (QED) is 0.759. The summed E-state index contributed by atoms with van der Waals surface area (Å²) in [6.07, 6.45) is 1.52. The minimum absolute atomic E-state index is 0.245. The summed E-state index contributed by atoms with van der Waals surface area (Å²) in [6.45, 7) is 4.55. The van der Waals surface area contributed by atoms with Crippen LogP contribution in [-0.4, -0.2) is 26.5 Å². The number of methoxy groups -OCH3 is 1. The fourth-order valence-electron chi connectivity index (χ4n) is 1.78. The van der Waals surface area contributed by atoms with Gasteiger partial charge in [0.05, 0.1) is 12.8 Å². The Morgan fingerprint density at radius 2 is 2.12 bits per heavy atom. The number of hydrogen-bond acceptors (Lipinski definition) is 3. The molecule has 94 valence electrons. The van der Waals surface area contributed by atoms with Crippen molar-refractivity contribution in [3.05, 3.63) is 23.8 Å². The van der Waals surface area contributed by atoms with Crippen LogP contribution in [0.15, 0.2) is 18.2 Å². The van der Waals surface area contributed by atoms with Gasteiger partial charge in [-0.3, -0.25) is 0 Å². The van der Waals surface area contributed by atoms with E-state index in [1.165, 1.54) is 5.56 Å². The third-order valence-corrected chi connectivity index (χ3v) is 2.77. The molecule has 3 nitrogen and oxygen atoms in total. The summed E-state index contributed by atoms with van der Waals surface area (Å²) in [7, 11) is 3.70. The zero-order chi connectivity index (χ0) is 12.8. The van der Waals surface area contributed by atoms with Crippen LogP contribution in [0.25, 0.3) is 0 Å². The highest BCUT2D eigenvalue weighted by Gasteiger charge is 2.08. The number of nitrogens with zero attached hydrogens (tertiary/aromatic N) is 1. The first kappa shape index (κ1) is 13.6. The average Bonchev–Trinajstić information content (AvgIpc) is 2.28. The Balaban J connectivity index is 2.69. The van der Waals surface area contributed by atoms with Gasteiger partial charge in [-0.05, 0) is 38.0 Å². The van der Waals surface area contributed by atoms with Crippen molar-refractivity contribution in [2.45, 2.75) is 26.7 Å². The highest BCUT2D eigenvalue weighted by Crippen LogP contribution is 2.28. The Morgan fingerprint density at radius 1 is 1.41 bits per heavy atom. The van der Waals surface area contributed by atoms with Gasteiger partial charge in [0.1, 0.15) is 11.5 Å².